The molecule has 0 N–H and O–H groups in total. The SMILES string of the molecule is COc1ccc(C)cc1CSCCCCl. The summed E-state index contributed by atoms with van der Waals surface area (Å²) in [6.45, 7) is 2.10. The van der Waals surface area contributed by atoms with Crippen molar-refractivity contribution in [3.8, 4) is 5.75 Å². The predicted octanol–water partition coefficient (Wildman–Crippen LogP) is 3.87. The quantitative estimate of drug-likeness (QED) is 0.555. The normalized spacial score (nSPS) is 10.3. The zero-order valence-electron chi connectivity index (χ0n) is 9.25. The molecule has 0 amide bonds. The van der Waals surface area contributed by atoms with Crippen LogP contribution in [-0.2, 0) is 5.75 Å². The molecular formula is C12H17ClOS. The van der Waals surface area contributed by atoms with E-state index in [9.17, 15) is 0 Å². The molecule has 0 aliphatic carbocycles. The van der Waals surface area contributed by atoms with Crippen molar-refractivity contribution in [1.82, 2.24) is 0 Å². The molecule has 1 aromatic carbocycles. The Balaban J connectivity index is 2.54. The summed E-state index contributed by atoms with van der Waals surface area (Å²) in [5, 5.41) is 0. The van der Waals surface area contributed by atoms with Crippen molar-refractivity contribution in [3.63, 3.8) is 0 Å². The lowest BCUT2D eigenvalue weighted by Gasteiger charge is -2.08. The molecule has 0 heterocycles. The number of rotatable bonds is 6. The van der Waals surface area contributed by atoms with Gasteiger partial charge < -0.3 is 4.74 Å². The molecule has 0 spiro atoms. The minimum atomic E-state index is 0.748. The lowest BCUT2D eigenvalue weighted by Crippen LogP contribution is -1.92. The standard InChI is InChI=1S/C12H17ClOS/c1-10-4-5-12(14-2)11(8-10)9-15-7-3-6-13/h4-5,8H,3,6-7,9H2,1-2H3. The van der Waals surface area contributed by atoms with E-state index in [2.05, 4.69) is 19.1 Å². The van der Waals surface area contributed by atoms with E-state index in [4.69, 9.17) is 16.3 Å². The van der Waals surface area contributed by atoms with Crippen LogP contribution in [-0.4, -0.2) is 18.7 Å². The highest BCUT2D eigenvalue weighted by Gasteiger charge is 2.02. The third-order valence-corrected chi connectivity index (χ3v) is 3.48. The van der Waals surface area contributed by atoms with Crippen LogP contribution < -0.4 is 4.74 Å². The zero-order valence-corrected chi connectivity index (χ0v) is 10.8. The second-order valence-corrected chi connectivity index (χ2v) is 4.89. The Bertz CT molecular complexity index is 302. The van der Waals surface area contributed by atoms with Crippen LogP contribution in [0.4, 0.5) is 0 Å². The number of halogens is 1. The molecule has 0 atom stereocenters. The predicted molar refractivity (Wildman–Crippen MR) is 69.2 cm³/mol. The number of hydrogen-bond donors (Lipinski definition) is 0. The van der Waals surface area contributed by atoms with E-state index in [-0.39, 0.29) is 0 Å². The molecule has 0 aliphatic rings. The number of benzene rings is 1. The van der Waals surface area contributed by atoms with Gasteiger partial charge >= 0.3 is 0 Å². The van der Waals surface area contributed by atoms with Crippen molar-refractivity contribution in [2.75, 3.05) is 18.7 Å². The van der Waals surface area contributed by atoms with Gasteiger partial charge in [0.25, 0.3) is 0 Å². The van der Waals surface area contributed by atoms with Gasteiger partial charge in [0, 0.05) is 17.2 Å². The van der Waals surface area contributed by atoms with E-state index < -0.39 is 0 Å². The monoisotopic (exact) mass is 244 g/mol. The minimum Gasteiger partial charge on any atom is -0.496 e. The van der Waals surface area contributed by atoms with Gasteiger partial charge in [0.2, 0.25) is 0 Å². The summed E-state index contributed by atoms with van der Waals surface area (Å²) in [6.07, 6.45) is 1.07. The van der Waals surface area contributed by atoms with Crippen LogP contribution >= 0.6 is 23.4 Å². The number of ether oxygens (including phenoxy) is 1. The van der Waals surface area contributed by atoms with Gasteiger partial charge in [-0.3, -0.25) is 0 Å². The van der Waals surface area contributed by atoms with Crippen LogP contribution in [0, 0.1) is 6.92 Å². The number of alkyl halides is 1. The molecule has 15 heavy (non-hydrogen) atoms. The summed E-state index contributed by atoms with van der Waals surface area (Å²) in [6, 6.07) is 6.30. The largest absolute Gasteiger partial charge is 0.496 e. The summed E-state index contributed by atoms with van der Waals surface area (Å²) >= 11 is 7.53. The molecule has 1 rings (SSSR count). The van der Waals surface area contributed by atoms with E-state index >= 15 is 0 Å². The molecule has 0 saturated heterocycles. The smallest absolute Gasteiger partial charge is 0.122 e. The van der Waals surface area contributed by atoms with E-state index in [1.165, 1.54) is 11.1 Å². The topological polar surface area (TPSA) is 9.23 Å². The molecule has 3 heteroatoms. The molecule has 0 aliphatic heterocycles. The summed E-state index contributed by atoms with van der Waals surface area (Å²) in [5.74, 6) is 3.85. The van der Waals surface area contributed by atoms with Crippen molar-refractivity contribution in [1.29, 1.82) is 0 Å². The van der Waals surface area contributed by atoms with Gasteiger partial charge in [-0.1, -0.05) is 17.7 Å². The van der Waals surface area contributed by atoms with Crippen LogP contribution in [0.2, 0.25) is 0 Å². The van der Waals surface area contributed by atoms with Crippen LogP contribution in [0.15, 0.2) is 18.2 Å². The Morgan fingerprint density at radius 3 is 2.87 bits per heavy atom. The molecule has 0 radical (unpaired) electrons. The number of hydrogen-bond acceptors (Lipinski definition) is 2. The highest BCUT2D eigenvalue weighted by molar-refractivity contribution is 7.98. The molecule has 0 saturated carbocycles. The van der Waals surface area contributed by atoms with Gasteiger partial charge in [0.1, 0.15) is 5.75 Å². The first-order valence-corrected chi connectivity index (χ1v) is 6.74. The Morgan fingerprint density at radius 2 is 2.20 bits per heavy atom. The molecule has 1 nitrogen and oxygen atoms in total. The second-order valence-electron chi connectivity index (χ2n) is 3.41. The van der Waals surface area contributed by atoms with Crippen molar-refractivity contribution < 1.29 is 4.74 Å². The Kier molecular flexibility index (Phi) is 5.96. The summed E-state index contributed by atoms with van der Waals surface area (Å²) in [4.78, 5) is 0. The van der Waals surface area contributed by atoms with Crippen molar-refractivity contribution in [3.05, 3.63) is 29.3 Å². The minimum absolute atomic E-state index is 0.748. The molecule has 0 aromatic heterocycles. The average molecular weight is 245 g/mol. The first kappa shape index (κ1) is 12.7. The summed E-state index contributed by atoms with van der Waals surface area (Å²) < 4.78 is 5.32. The molecule has 0 bridgehead atoms. The molecule has 1 aromatic rings. The Labute approximate surface area is 101 Å². The highest BCUT2D eigenvalue weighted by Crippen LogP contribution is 2.24. The highest BCUT2D eigenvalue weighted by atomic mass is 35.5. The molecule has 0 fully saturated rings. The number of aryl methyl sites for hydroxylation is 1. The van der Waals surface area contributed by atoms with Gasteiger partial charge in [0.15, 0.2) is 0 Å². The van der Waals surface area contributed by atoms with E-state index in [1.807, 2.05) is 17.8 Å². The lowest BCUT2D eigenvalue weighted by molar-refractivity contribution is 0.411. The van der Waals surface area contributed by atoms with Crippen molar-refractivity contribution >= 4 is 23.4 Å². The zero-order chi connectivity index (χ0) is 11.1. The maximum Gasteiger partial charge on any atom is 0.122 e. The fraction of sp³-hybridized carbons (Fsp3) is 0.500. The van der Waals surface area contributed by atoms with E-state index in [1.54, 1.807) is 7.11 Å². The number of thioether (sulfide) groups is 1. The fourth-order valence-electron chi connectivity index (χ4n) is 1.36. The average Bonchev–Trinajstić information content (AvgIpc) is 2.25. The third kappa shape index (κ3) is 4.35. The van der Waals surface area contributed by atoms with E-state index in [0.717, 1.165) is 29.6 Å². The van der Waals surface area contributed by atoms with Gasteiger partial charge in [-0.05, 0) is 25.2 Å². The van der Waals surface area contributed by atoms with Gasteiger partial charge in [-0.2, -0.15) is 11.8 Å². The van der Waals surface area contributed by atoms with Gasteiger partial charge in [0.05, 0.1) is 7.11 Å². The van der Waals surface area contributed by atoms with Crippen LogP contribution in [0.25, 0.3) is 0 Å². The summed E-state index contributed by atoms with van der Waals surface area (Å²) in [5.41, 5.74) is 2.56. The number of methoxy groups -OCH3 is 1. The third-order valence-electron chi connectivity index (χ3n) is 2.12. The maximum atomic E-state index is 5.63. The molecule has 0 unspecified atom stereocenters. The Morgan fingerprint density at radius 1 is 1.40 bits per heavy atom. The Hall–Kier alpha value is -0.340. The van der Waals surface area contributed by atoms with Crippen molar-refractivity contribution in [2.45, 2.75) is 19.1 Å². The first-order chi connectivity index (χ1) is 7.27. The second kappa shape index (κ2) is 7.02. The summed E-state index contributed by atoms with van der Waals surface area (Å²) in [7, 11) is 1.72. The fourth-order valence-corrected chi connectivity index (χ4v) is 2.59. The van der Waals surface area contributed by atoms with E-state index in [0.29, 0.717) is 0 Å². The van der Waals surface area contributed by atoms with Crippen LogP contribution in [0.5, 0.6) is 5.75 Å². The van der Waals surface area contributed by atoms with Gasteiger partial charge in [-0.15, -0.1) is 11.6 Å². The van der Waals surface area contributed by atoms with Gasteiger partial charge in [-0.25, -0.2) is 0 Å². The molecular weight excluding hydrogens is 228 g/mol. The van der Waals surface area contributed by atoms with Crippen molar-refractivity contribution in [2.24, 2.45) is 0 Å². The van der Waals surface area contributed by atoms with Crippen LogP contribution in [0.3, 0.4) is 0 Å². The molecule has 84 valence electrons. The maximum absolute atomic E-state index is 5.63. The first-order valence-electron chi connectivity index (χ1n) is 5.05. The van der Waals surface area contributed by atoms with Crippen LogP contribution in [0.1, 0.15) is 17.5 Å². The lowest BCUT2D eigenvalue weighted by atomic mass is 10.1.